The topological polar surface area (TPSA) is 111 Å². The summed E-state index contributed by atoms with van der Waals surface area (Å²) in [5.74, 6) is 1.13. The third-order valence-electron chi connectivity index (χ3n) is 4.13. The fraction of sp³-hybridized carbons (Fsp3) is 0.0952. The summed E-state index contributed by atoms with van der Waals surface area (Å²) in [7, 11) is -3.77. The molecule has 0 aromatic heterocycles. The van der Waals surface area contributed by atoms with Crippen LogP contribution in [0.15, 0.2) is 82.2 Å². The summed E-state index contributed by atoms with van der Waals surface area (Å²) in [6.45, 7) is 1.72. The van der Waals surface area contributed by atoms with E-state index < -0.39 is 16.1 Å². The van der Waals surface area contributed by atoms with Gasteiger partial charge in [0.15, 0.2) is 0 Å². The van der Waals surface area contributed by atoms with Gasteiger partial charge in [0.1, 0.15) is 17.5 Å². The van der Waals surface area contributed by atoms with Gasteiger partial charge in [-0.2, -0.15) is 0 Å². The number of hydrogen-bond donors (Lipinski definition) is 3. The Hall–Kier alpha value is -2.88. The van der Waals surface area contributed by atoms with Gasteiger partial charge in [0.25, 0.3) is 0 Å². The molecule has 0 aliphatic rings. The molecular formula is C21H20BrN3O4S. The van der Waals surface area contributed by atoms with E-state index in [-0.39, 0.29) is 10.8 Å². The lowest BCUT2D eigenvalue weighted by atomic mass is 10.2. The monoisotopic (exact) mass is 489 g/mol. The van der Waals surface area contributed by atoms with Gasteiger partial charge in [-0.15, -0.1) is 0 Å². The Balaban J connectivity index is 1.56. The Kier molecular flexibility index (Phi) is 6.76. The highest BCUT2D eigenvalue weighted by Gasteiger charge is 2.14. The Morgan fingerprint density at radius 1 is 0.900 bits per heavy atom. The summed E-state index contributed by atoms with van der Waals surface area (Å²) in [6, 6.07) is 19.9. The molecule has 30 heavy (non-hydrogen) atoms. The van der Waals surface area contributed by atoms with E-state index in [0.29, 0.717) is 11.4 Å². The normalized spacial score (nSPS) is 12.1. The first-order chi connectivity index (χ1) is 14.2. The molecule has 0 fully saturated rings. The van der Waals surface area contributed by atoms with Gasteiger partial charge in [-0.3, -0.25) is 4.79 Å². The highest BCUT2D eigenvalue weighted by Crippen LogP contribution is 2.24. The number of carbonyl (C=O) groups excluding carboxylic acids is 1. The predicted molar refractivity (Wildman–Crippen MR) is 120 cm³/mol. The first-order valence-corrected chi connectivity index (χ1v) is 11.3. The Bertz CT molecular complexity index is 1120. The van der Waals surface area contributed by atoms with Crippen molar-refractivity contribution in [1.29, 1.82) is 0 Å². The van der Waals surface area contributed by atoms with Crippen LogP contribution in [0.4, 0.5) is 11.4 Å². The summed E-state index contributed by atoms with van der Waals surface area (Å²) in [6.07, 6.45) is 0. The number of nitrogens with one attached hydrogen (secondary N) is 2. The zero-order valence-corrected chi connectivity index (χ0v) is 18.4. The van der Waals surface area contributed by atoms with Gasteiger partial charge in [0, 0.05) is 15.8 Å². The number of carbonyl (C=O) groups is 1. The van der Waals surface area contributed by atoms with E-state index in [9.17, 15) is 13.2 Å². The van der Waals surface area contributed by atoms with E-state index in [1.54, 1.807) is 19.1 Å². The first kappa shape index (κ1) is 21.8. The lowest BCUT2D eigenvalue weighted by Crippen LogP contribution is -2.31. The first-order valence-electron chi connectivity index (χ1n) is 8.94. The van der Waals surface area contributed by atoms with Crippen LogP contribution >= 0.6 is 15.9 Å². The van der Waals surface area contributed by atoms with E-state index in [1.165, 1.54) is 24.3 Å². The Labute approximate surface area is 183 Å². The molecule has 9 heteroatoms. The molecule has 0 saturated heterocycles. The molecule has 0 spiro atoms. The molecule has 0 aliphatic heterocycles. The average molecular weight is 490 g/mol. The molecule has 4 N–H and O–H groups in total. The largest absolute Gasteiger partial charge is 0.457 e. The van der Waals surface area contributed by atoms with Gasteiger partial charge in [-0.25, -0.2) is 13.6 Å². The molecule has 7 nitrogen and oxygen atoms in total. The molecule has 1 amide bonds. The second-order valence-electron chi connectivity index (χ2n) is 6.51. The van der Waals surface area contributed by atoms with Crippen molar-refractivity contribution >= 4 is 43.2 Å². The Morgan fingerprint density at radius 3 is 1.93 bits per heavy atom. The quantitative estimate of drug-likeness (QED) is 0.457. The maximum Gasteiger partial charge on any atom is 0.246 e. The molecule has 0 unspecified atom stereocenters. The molecule has 3 rings (SSSR count). The van der Waals surface area contributed by atoms with Crippen molar-refractivity contribution in [3.8, 4) is 11.5 Å². The van der Waals surface area contributed by atoms with E-state index in [4.69, 9.17) is 9.88 Å². The number of anilines is 2. The fourth-order valence-electron chi connectivity index (χ4n) is 2.55. The number of nitrogens with two attached hydrogens (primary N) is 1. The zero-order chi connectivity index (χ0) is 21.7. The van der Waals surface area contributed by atoms with Crippen LogP contribution in [-0.4, -0.2) is 20.4 Å². The van der Waals surface area contributed by atoms with Crippen LogP contribution in [0.3, 0.4) is 0 Å². The SMILES string of the molecule is C[C@H](Nc1ccc(Oc2ccc(Br)cc2)cc1)C(=O)Nc1ccc(S(N)(=O)=O)cc1. The van der Waals surface area contributed by atoms with Crippen molar-refractivity contribution in [3.63, 3.8) is 0 Å². The fourth-order valence-corrected chi connectivity index (χ4v) is 3.33. The molecule has 3 aromatic carbocycles. The maximum atomic E-state index is 12.4. The van der Waals surface area contributed by atoms with E-state index >= 15 is 0 Å². The summed E-state index contributed by atoms with van der Waals surface area (Å²) >= 11 is 3.38. The molecule has 0 heterocycles. The second kappa shape index (κ2) is 9.29. The number of primary sulfonamides is 1. The third kappa shape index (κ3) is 6.06. The van der Waals surface area contributed by atoms with Crippen LogP contribution in [0.5, 0.6) is 11.5 Å². The molecule has 0 radical (unpaired) electrons. The zero-order valence-electron chi connectivity index (χ0n) is 16.0. The standard InChI is InChI=1S/C21H20BrN3O4S/c1-14(21(26)25-17-6-12-20(13-7-17)30(23,27)28)24-16-4-10-19(11-5-16)29-18-8-2-15(22)3-9-18/h2-14,24H,1H3,(H,25,26)(H2,23,27,28)/t14-/m0/s1. The molecular weight excluding hydrogens is 470 g/mol. The van der Waals surface area contributed by atoms with Crippen LogP contribution in [0.1, 0.15) is 6.92 Å². The van der Waals surface area contributed by atoms with Gasteiger partial charge < -0.3 is 15.4 Å². The van der Waals surface area contributed by atoms with Gasteiger partial charge in [0.05, 0.1) is 4.90 Å². The smallest absolute Gasteiger partial charge is 0.246 e. The number of ether oxygens (including phenoxy) is 1. The summed E-state index contributed by atoms with van der Waals surface area (Å²) in [5, 5.41) is 10.9. The van der Waals surface area contributed by atoms with E-state index in [2.05, 4.69) is 26.6 Å². The Morgan fingerprint density at radius 2 is 1.40 bits per heavy atom. The number of rotatable bonds is 7. The van der Waals surface area contributed by atoms with Gasteiger partial charge >= 0.3 is 0 Å². The molecule has 3 aromatic rings. The van der Waals surface area contributed by atoms with Crippen molar-refractivity contribution in [2.45, 2.75) is 17.9 Å². The van der Waals surface area contributed by atoms with Gasteiger partial charge in [-0.05, 0) is 79.7 Å². The number of hydrogen-bond acceptors (Lipinski definition) is 5. The molecule has 0 saturated carbocycles. The summed E-state index contributed by atoms with van der Waals surface area (Å²) < 4.78 is 29.3. The number of amides is 1. The van der Waals surface area contributed by atoms with Crippen molar-refractivity contribution in [2.24, 2.45) is 5.14 Å². The number of halogens is 1. The molecule has 0 aliphatic carbocycles. The van der Waals surface area contributed by atoms with Crippen molar-refractivity contribution in [1.82, 2.24) is 0 Å². The van der Waals surface area contributed by atoms with Crippen LogP contribution < -0.4 is 20.5 Å². The van der Waals surface area contributed by atoms with Crippen LogP contribution in [0, 0.1) is 0 Å². The van der Waals surface area contributed by atoms with E-state index in [0.717, 1.165) is 15.9 Å². The minimum absolute atomic E-state index is 0.0166. The average Bonchev–Trinajstić information content (AvgIpc) is 2.71. The number of sulfonamides is 1. The highest BCUT2D eigenvalue weighted by atomic mass is 79.9. The second-order valence-corrected chi connectivity index (χ2v) is 8.98. The number of benzene rings is 3. The van der Waals surface area contributed by atoms with E-state index in [1.807, 2.05) is 36.4 Å². The van der Waals surface area contributed by atoms with Crippen LogP contribution in [0.25, 0.3) is 0 Å². The highest BCUT2D eigenvalue weighted by molar-refractivity contribution is 9.10. The van der Waals surface area contributed by atoms with Crippen LogP contribution in [-0.2, 0) is 14.8 Å². The third-order valence-corrected chi connectivity index (χ3v) is 5.59. The van der Waals surface area contributed by atoms with Crippen molar-refractivity contribution in [3.05, 3.63) is 77.3 Å². The van der Waals surface area contributed by atoms with Crippen LogP contribution in [0.2, 0.25) is 0 Å². The molecule has 1 atom stereocenters. The minimum atomic E-state index is -3.77. The lowest BCUT2D eigenvalue weighted by molar-refractivity contribution is -0.116. The summed E-state index contributed by atoms with van der Waals surface area (Å²) in [4.78, 5) is 12.4. The minimum Gasteiger partial charge on any atom is -0.457 e. The molecule has 0 bridgehead atoms. The van der Waals surface area contributed by atoms with Crippen molar-refractivity contribution < 1.29 is 17.9 Å². The van der Waals surface area contributed by atoms with Gasteiger partial charge in [0.2, 0.25) is 15.9 Å². The molecule has 156 valence electrons. The lowest BCUT2D eigenvalue weighted by Gasteiger charge is -2.16. The van der Waals surface area contributed by atoms with Gasteiger partial charge in [-0.1, -0.05) is 15.9 Å². The summed E-state index contributed by atoms with van der Waals surface area (Å²) in [5.41, 5.74) is 1.23. The predicted octanol–water partition coefficient (Wildman–Crippen LogP) is 4.33. The van der Waals surface area contributed by atoms with Crippen molar-refractivity contribution in [2.75, 3.05) is 10.6 Å². The maximum absolute atomic E-state index is 12.4.